The largest absolute Gasteiger partial charge is 0.327 e. The highest BCUT2D eigenvalue weighted by molar-refractivity contribution is 9.11. The SMILES string of the molecule is CC(=Cc1ccc(Br)s1)CN. The van der Waals surface area contributed by atoms with Crippen molar-refractivity contribution >= 4 is 33.3 Å². The number of thiophene rings is 1. The van der Waals surface area contributed by atoms with Crippen molar-refractivity contribution in [3.05, 3.63) is 26.4 Å². The topological polar surface area (TPSA) is 26.0 Å². The molecule has 0 aliphatic rings. The van der Waals surface area contributed by atoms with Gasteiger partial charge in [-0.1, -0.05) is 5.57 Å². The molecule has 0 saturated heterocycles. The summed E-state index contributed by atoms with van der Waals surface area (Å²) in [7, 11) is 0. The van der Waals surface area contributed by atoms with E-state index in [1.165, 1.54) is 10.5 Å². The third-order valence-electron chi connectivity index (χ3n) is 1.30. The first-order valence-corrected chi connectivity index (χ1v) is 4.96. The van der Waals surface area contributed by atoms with E-state index in [1.807, 2.05) is 13.0 Å². The van der Waals surface area contributed by atoms with Gasteiger partial charge >= 0.3 is 0 Å². The first kappa shape index (κ1) is 8.97. The van der Waals surface area contributed by atoms with E-state index in [4.69, 9.17) is 5.73 Å². The molecule has 0 spiro atoms. The fourth-order valence-electron chi connectivity index (χ4n) is 0.708. The molecule has 3 heteroatoms. The fraction of sp³-hybridized carbons (Fsp3) is 0.250. The molecular formula is C8H10BrNS. The first-order chi connectivity index (χ1) is 5.22. The van der Waals surface area contributed by atoms with E-state index < -0.39 is 0 Å². The summed E-state index contributed by atoms with van der Waals surface area (Å²) >= 11 is 5.12. The number of hydrogen-bond donors (Lipinski definition) is 1. The molecule has 0 radical (unpaired) electrons. The molecule has 0 unspecified atom stereocenters. The van der Waals surface area contributed by atoms with Crippen molar-refractivity contribution in [2.45, 2.75) is 6.92 Å². The van der Waals surface area contributed by atoms with Gasteiger partial charge < -0.3 is 5.73 Å². The molecule has 1 aromatic rings. The number of hydrogen-bond acceptors (Lipinski definition) is 2. The lowest BCUT2D eigenvalue weighted by Gasteiger charge is -1.91. The monoisotopic (exact) mass is 231 g/mol. The molecular weight excluding hydrogens is 222 g/mol. The van der Waals surface area contributed by atoms with Crippen LogP contribution in [0.25, 0.3) is 6.08 Å². The van der Waals surface area contributed by atoms with Crippen LogP contribution in [0, 0.1) is 0 Å². The quantitative estimate of drug-likeness (QED) is 0.833. The van der Waals surface area contributed by atoms with Crippen LogP contribution >= 0.6 is 27.3 Å². The Labute approximate surface area is 79.0 Å². The second kappa shape index (κ2) is 4.04. The predicted octanol–water partition coefficient (Wildman–Crippen LogP) is 2.87. The molecule has 0 aliphatic carbocycles. The third-order valence-corrected chi connectivity index (χ3v) is 2.88. The van der Waals surface area contributed by atoms with Gasteiger partial charge in [0, 0.05) is 11.4 Å². The second-order valence-corrected chi connectivity index (χ2v) is 4.83. The second-order valence-electron chi connectivity index (χ2n) is 2.34. The zero-order chi connectivity index (χ0) is 8.27. The molecule has 0 amide bonds. The number of nitrogens with two attached hydrogens (primary N) is 1. The van der Waals surface area contributed by atoms with Crippen molar-refractivity contribution in [3.8, 4) is 0 Å². The number of halogens is 1. The summed E-state index contributed by atoms with van der Waals surface area (Å²) in [5.41, 5.74) is 6.66. The van der Waals surface area contributed by atoms with E-state index in [0.717, 1.165) is 3.79 Å². The molecule has 0 atom stereocenters. The van der Waals surface area contributed by atoms with E-state index in [1.54, 1.807) is 11.3 Å². The van der Waals surface area contributed by atoms with Gasteiger partial charge in [-0.05, 0) is 41.1 Å². The minimum atomic E-state index is 0.634. The minimum Gasteiger partial charge on any atom is -0.327 e. The highest BCUT2D eigenvalue weighted by atomic mass is 79.9. The zero-order valence-electron chi connectivity index (χ0n) is 6.30. The van der Waals surface area contributed by atoms with Crippen molar-refractivity contribution in [2.75, 3.05) is 6.54 Å². The van der Waals surface area contributed by atoms with Crippen LogP contribution in [0.4, 0.5) is 0 Å². The van der Waals surface area contributed by atoms with Crippen LogP contribution in [0.2, 0.25) is 0 Å². The summed E-state index contributed by atoms with van der Waals surface area (Å²) in [5, 5.41) is 0. The van der Waals surface area contributed by atoms with Gasteiger partial charge in [-0.3, -0.25) is 0 Å². The van der Waals surface area contributed by atoms with E-state index in [0.29, 0.717) is 6.54 Å². The maximum atomic E-state index is 5.45. The maximum absolute atomic E-state index is 5.45. The van der Waals surface area contributed by atoms with E-state index in [2.05, 4.69) is 28.1 Å². The average Bonchev–Trinajstić information content (AvgIpc) is 2.35. The Morgan fingerprint density at radius 1 is 1.73 bits per heavy atom. The summed E-state index contributed by atoms with van der Waals surface area (Å²) in [5.74, 6) is 0. The van der Waals surface area contributed by atoms with Crippen molar-refractivity contribution in [3.63, 3.8) is 0 Å². The smallest absolute Gasteiger partial charge is 0.0704 e. The molecule has 1 heterocycles. The maximum Gasteiger partial charge on any atom is 0.0704 e. The lowest BCUT2D eigenvalue weighted by atomic mass is 10.2. The van der Waals surface area contributed by atoms with E-state index >= 15 is 0 Å². The Hall–Kier alpha value is -0.120. The normalized spacial score (nSPS) is 12.1. The highest BCUT2D eigenvalue weighted by Gasteiger charge is 1.93. The molecule has 1 rings (SSSR count). The molecule has 11 heavy (non-hydrogen) atoms. The summed E-state index contributed by atoms with van der Waals surface area (Å²) in [6, 6.07) is 4.12. The molecule has 0 fully saturated rings. The molecule has 2 N–H and O–H groups in total. The van der Waals surface area contributed by atoms with Crippen LogP contribution < -0.4 is 5.73 Å². The van der Waals surface area contributed by atoms with Crippen LogP contribution in [0.5, 0.6) is 0 Å². The Balaban J connectivity index is 2.78. The summed E-state index contributed by atoms with van der Waals surface area (Å²) in [6.07, 6.45) is 2.11. The van der Waals surface area contributed by atoms with Gasteiger partial charge in [-0.2, -0.15) is 0 Å². The van der Waals surface area contributed by atoms with E-state index in [9.17, 15) is 0 Å². The molecule has 0 aromatic carbocycles. The van der Waals surface area contributed by atoms with Gasteiger partial charge in [-0.25, -0.2) is 0 Å². The predicted molar refractivity (Wildman–Crippen MR) is 54.7 cm³/mol. The Morgan fingerprint density at radius 3 is 2.91 bits per heavy atom. The summed E-state index contributed by atoms with van der Waals surface area (Å²) in [4.78, 5) is 1.25. The Morgan fingerprint density at radius 2 is 2.45 bits per heavy atom. The van der Waals surface area contributed by atoms with Crippen molar-refractivity contribution in [2.24, 2.45) is 5.73 Å². The van der Waals surface area contributed by atoms with Crippen LogP contribution in [0.15, 0.2) is 21.5 Å². The van der Waals surface area contributed by atoms with Gasteiger partial charge in [0.2, 0.25) is 0 Å². The van der Waals surface area contributed by atoms with Gasteiger partial charge in [0.1, 0.15) is 0 Å². The van der Waals surface area contributed by atoms with Crippen LogP contribution in [-0.2, 0) is 0 Å². The highest BCUT2D eigenvalue weighted by Crippen LogP contribution is 2.23. The zero-order valence-corrected chi connectivity index (χ0v) is 8.71. The van der Waals surface area contributed by atoms with Crippen LogP contribution in [0.1, 0.15) is 11.8 Å². The lowest BCUT2D eigenvalue weighted by Crippen LogP contribution is -1.98. The first-order valence-electron chi connectivity index (χ1n) is 3.35. The molecule has 0 bridgehead atoms. The van der Waals surface area contributed by atoms with Crippen LogP contribution in [-0.4, -0.2) is 6.54 Å². The Kier molecular flexibility index (Phi) is 3.30. The van der Waals surface area contributed by atoms with Gasteiger partial charge in [0.25, 0.3) is 0 Å². The molecule has 1 aromatic heterocycles. The lowest BCUT2D eigenvalue weighted by molar-refractivity contribution is 1.15. The molecule has 1 nitrogen and oxygen atoms in total. The third kappa shape index (κ3) is 2.77. The van der Waals surface area contributed by atoms with Crippen LogP contribution in [0.3, 0.4) is 0 Å². The van der Waals surface area contributed by atoms with Gasteiger partial charge in [0.05, 0.1) is 3.79 Å². The van der Waals surface area contributed by atoms with Crippen molar-refractivity contribution in [1.82, 2.24) is 0 Å². The molecule has 0 saturated carbocycles. The van der Waals surface area contributed by atoms with E-state index in [-0.39, 0.29) is 0 Å². The molecule has 0 aliphatic heterocycles. The van der Waals surface area contributed by atoms with Crippen molar-refractivity contribution < 1.29 is 0 Å². The number of rotatable bonds is 2. The molecule has 60 valence electrons. The minimum absolute atomic E-state index is 0.634. The summed E-state index contributed by atoms with van der Waals surface area (Å²) in [6.45, 7) is 2.67. The standard InChI is InChI=1S/C8H10BrNS/c1-6(5-10)4-7-2-3-8(9)11-7/h2-4H,5,10H2,1H3. The van der Waals surface area contributed by atoms with Crippen molar-refractivity contribution in [1.29, 1.82) is 0 Å². The summed E-state index contributed by atoms with van der Waals surface area (Å²) < 4.78 is 1.16. The average molecular weight is 232 g/mol. The van der Waals surface area contributed by atoms with Gasteiger partial charge in [0.15, 0.2) is 0 Å². The fourth-order valence-corrected chi connectivity index (χ4v) is 2.16. The Bertz CT molecular complexity index is 265. The van der Waals surface area contributed by atoms with Gasteiger partial charge in [-0.15, -0.1) is 11.3 Å².